The molecule has 1 aliphatic rings. The van der Waals surface area contributed by atoms with E-state index in [-0.39, 0.29) is 12.5 Å². The Morgan fingerprint density at radius 1 is 1.36 bits per heavy atom. The topological polar surface area (TPSA) is 66.8 Å². The van der Waals surface area contributed by atoms with Crippen LogP contribution < -0.4 is 0 Å². The lowest BCUT2D eigenvalue weighted by atomic mass is 9.82. The first kappa shape index (κ1) is 16.5. The molecule has 0 aliphatic carbocycles. The van der Waals surface area contributed by atoms with Crippen LogP contribution >= 0.6 is 0 Å². The molecular weight excluding hydrogens is 282 g/mol. The molecule has 2 unspecified atom stereocenters. The molecule has 1 aliphatic heterocycles. The minimum Gasteiger partial charge on any atom is -0.481 e. The Bertz CT molecular complexity index is 531. The number of rotatable bonds is 5. The van der Waals surface area contributed by atoms with Crippen molar-refractivity contribution in [3.05, 3.63) is 35.9 Å². The number of ether oxygens (including phenoxy) is 1. The Labute approximate surface area is 130 Å². The van der Waals surface area contributed by atoms with Crippen molar-refractivity contribution in [3.63, 3.8) is 0 Å². The summed E-state index contributed by atoms with van der Waals surface area (Å²) in [5.41, 5.74) is -0.0709. The number of hydrogen-bond acceptors (Lipinski definition) is 3. The van der Waals surface area contributed by atoms with Crippen LogP contribution in [0.25, 0.3) is 0 Å². The van der Waals surface area contributed by atoms with Gasteiger partial charge < -0.3 is 14.7 Å². The quantitative estimate of drug-likeness (QED) is 0.907. The molecule has 0 aromatic heterocycles. The molecule has 1 fully saturated rings. The molecule has 22 heavy (non-hydrogen) atoms. The number of amides is 1. The summed E-state index contributed by atoms with van der Waals surface area (Å²) in [4.78, 5) is 25.9. The van der Waals surface area contributed by atoms with Crippen molar-refractivity contribution in [1.29, 1.82) is 0 Å². The number of likely N-dealkylation sites (tertiary alicyclic amines) is 1. The third kappa shape index (κ3) is 3.47. The van der Waals surface area contributed by atoms with E-state index in [4.69, 9.17) is 4.74 Å². The van der Waals surface area contributed by atoms with Crippen molar-refractivity contribution in [2.24, 2.45) is 5.41 Å². The average Bonchev–Trinajstić information content (AvgIpc) is 2.53. The van der Waals surface area contributed by atoms with Gasteiger partial charge in [-0.1, -0.05) is 30.3 Å². The highest BCUT2D eigenvalue weighted by Crippen LogP contribution is 2.32. The minimum absolute atomic E-state index is 0.153. The SMILES string of the molecule is CCOC(C(=O)N1CCCC(C)(C(=O)O)C1)c1ccccc1. The summed E-state index contributed by atoms with van der Waals surface area (Å²) in [5.74, 6) is -1.00. The van der Waals surface area contributed by atoms with E-state index in [1.165, 1.54) is 0 Å². The highest BCUT2D eigenvalue weighted by molar-refractivity contribution is 5.84. The fourth-order valence-corrected chi connectivity index (χ4v) is 2.87. The Morgan fingerprint density at radius 3 is 2.64 bits per heavy atom. The van der Waals surface area contributed by atoms with E-state index in [2.05, 4.69) is 0 Å². The molecule has 0 bridgehead atoms. The van der Waals surface area contributed by atoms with Crippen LogP contribution in [0.15, 0.2) is 30.3 Å². The van der Waals surface area contributed by atoms with Crippen molar-refractivity contribution >= 4 is 11.9 Å². The molecule has 5 heteroatoms. The Morgan fingerprint density at radius 2 is 2.05 bits per heavy atom. The van der Waals surface area contributed by atoms with Crippen molar-refractivity contribution in [2.75, 3.05) is 19.7 Å². The molecule has 0 spiro atoms. The Balaban J connectivity index is 2.18. The summed E-state index contributed by atoms with van der Waals surface area (Å²) >= 11 is 0. The third-order valence-electron chi connectivity index (χ3n) is 4.18. The Kier molecular flexibility index (Phi) is 5.19. The predicted octanol–water partition coefficient (Wildman–Crippen LogP) is 2.48. The number of carboxylic acid groups (broad SMARTS) is 1. The van der Waals surface area contributed by atoms with E-state index < -0.39 is 17.5 Å². The molecule has 2 atom stereocenters. The van der Waals surface area contributed by atoms with Gasteiger partial charge in [-0.05, 0) is 32.3 Å². The summed E-state index contributed by atoms with van der Waals surface area (Å²) in [7, 11) is 0. The van der Waals surface area contributed by atoms with Crippen LogP contribution in [0.4, 0.5) is 0 Å². The van der Waals surface area contributed by atoms with Gasteiger partial charge in [-0.3, -0.25) is 9.59 Å². The van der Waals surface area contributed by atoms with Gasteiger partial charge in [0.2, 0.25) is 0 Å². The van der Waals surface area contributed by atoms with Crippen LogP contribution in [0, 0.1) is 5.41 Å². The van der Waals surface area contributed by atoms with Gasteiger partial charge in [0.1, 0.15) is 0 Å². The predicted molar refractivity (Wildman–Crippen MR) is 82.4 cm³/mol. The second-order valence-corrected chi connectivity index (χ2v) is 5.98. The zero-order valence-electron chi connectivity index (χ0n) is 13.1. The van der Waals surface area contributed by atoms with Gasteiger partial charge in [0, 0.05) is 19.7 Å². The average molecular weight is 305 g/mol. The largest absolute Gasteiger partial charge is 0.481 e. The van der Waals surface area contributed by atoms with E-state index in [9.17, 15) is 14.7 Å². The number of carbonyl (C=O) groups excluding carboxylic acids is 1. The Hall–Kier alpha value is -1.88. The van der Waals surface area contributed by atoms with Gasteiger partial charge >= 0.3 is 5.97 Å². The summed E-state index contributed by atoms with van der Waals surface area (Å²) in [5, 5.41) is 9.39. The van der Waals surface area contributed by atoms with Gasteiger partial charge in [-0.25, -0.2) is 0 Å². The molecule has 2 rings (SSSR count). The molecule has 0 radical (unpaired) electrons. The number of piperidine rings is 1. The smallest absolute Gasteiger partial charge is 0.311 e. The van der Waals surface area contributed by atoms with E-state index in [0.29, 0.717) is 26.0 Å². The number of aliphatic carboxylic acids is 1. The standard InChI is InChI=1S/C17H23NO4/c1-3-22-14(13-8-5-4-6-9-13)15(19)18-11-7-10-17(2,12-18)16(20)21/h4-6,8-9,14H,3,7,10-12H2,1-2H3,(H,20,21). The maximum atomic E-state index is 12.8. The monoisotopic (exact) mass is 305 g/mol. The zero-order chi connectivity index (χ0) is 16.2. The molecule has 1 heterocycles. The van der Waals surface area contributed by atoms with Crippen LogP contribution in [0.3, 0.4) is 0 Å². The first-order valence-corrected chi connectivity index (χ1v) is 7.66. The molecule has 1 aromatic carbocycles. The molecule has 1 amide bonds. The zero-order valence-corrected chi connectivity index (χ0v) is 13.1. The van der Waals surface area contributed by atoms with Gasteiger partial charge in [0.05, 0.1) is 5.41 Å². The van der Waals surface area contributed by atoms with Crippen LogP contribution in [-0.4, -0.2) is 41.6 Å². The van der Waals surface area contributed by atoms with Gasteiger partial charge in [-0.15, -0.1) is 0 Å². The van der Waals surface area contributed by atoms with E-state index in [0.717, 1.165) is 5.56 Å². The fourth-order valence-electron chi connectivity index (χ4n) is 2.87. The number of carbonyl (C=O) groups is 2. The minimum atomic E-state index is -0.874. The van der Waals surface area contributed by atoms with Crippen LogP contribution in [0.1, 0.15) is 38.4 Å². The lowest BCUT2D eigenvalue weighted by Gasteiger charge is -2.38. The second kappa shape index (κ2) is 6.92. The second-order valence-electron chi connectivity index (χ2n) is 5.98. The molecule has 1 N–H and O–H groups in total. The van der Waals surface area contributed by atoms with Crippen molar-refractivity contribution in [3.8, 4) is 0 Å². The maximum absolute atomic E-state index is 12.8. The van der Waals surface area contributed by atoms with Crippen LogP contribution in [0.5, 0.6) is 0 Å². The summed E-state index contributed by atoms with van der Waals surface area (Å²) in [6.07, 6.45) is 0.626. The van der Waals surface area contributed by atoms with Crippen LogP contribution in [0.2, 0.25) is 0 Å². The molecular formula is C17H23NO4. The van der Waals surface area contributed by atoms with Gasteiger partial charge in [0.25, 0.3) is 5.91 Å². The first-order chi connectivity index (χ1) is 10.5. The lowest BCUT2D eigenvalue weighted by Crippen LogP contribution is -2.50. The molecule has 5 nitrogen and oxygen atoms in total. The summed E-state index contributed by atoms with van der Waals surface area (Å²) < 4.78 is 5.63. The van der Waals surface area contributed by atoms with Gasteiger partial charge in [0.15, 0.2) is 6.10 Å². The normalized spacial score (nSPS) is 23.1. The summed E-state index contributed by atoms with van der Waals surface area (Å²) in [6.45, 7) is 4.79. The highest BCUT2D eigenvalue weighted by Gasteiger charge is 2.41. The van der Waals surface area contributed by atoms with Crippen molar-refractivity contribution < 1.29 is 19.4 Å². The number of benzene rings is 1. The number of hydrogen-bond donors (Lipinski definition) is 1. The van der Waals surface area contributed by atoms with E-state index in [1.54, 1.807) is 11.8 Å². The third-order valence-corrected chi connectivity index (χ3v) is 4.18. The molecule has 0 saturated carbocycles. The van der Waals surface area contributed by atoms with Crippen LogP contribution in [-0.2, 0) is 14.3 Å². The number of nitrogens with zero attached hydrogens (tertiary/aromatic N) is 1. The summed E-state index contributed by atoms with van der Waals surface area (Å²) in [6, 6.07) is 9.34. The highest BCUT2D eigenvalue weighted by atomic mass is 16.5. The van der Waals surface area contributed by atoms with Gasteiger partial charge in [-0.2, -0.15) is 0 Å². The molecule has 120 valence electrons. The van der Waals surface area contributed by atoms with E-state index >= 15 is 0 Å². The first-order valence-electron chi connectivity index (χ1n) is 7.66. The lowest BCUT2D eigenvalue weighted by molar-refractivity contribution is -0.157. The number of carboxylic acids is 1. The molecule has 1 saturated heterocycles. The van der Waals surface area contributed by atoms with E-state index in [1.807, 2.05) is 37.3 Å². The molecule has 1 aromatic rings. The van der Waals surface area contributed by atoms with Crippen molar-refractivity contribution in [2.45, 2.75) is 32.8 Å². The fraction of sp³-hybridized carbons (Fsp3) is 0.529. The maximum Gasteiger partial charge on any atom is 0.311 e. The van der Waals surface area contributed by atoms with Crippen molar-refractivity contribution in [1.82, 2.24) is 4.90 Å².